The van der Waals surface area contributed by atoms with Crippen LogP contribution in [0.15, 0.2) is 42.5 Å². The molecule has 1 aliphatic heterocycles. The second-order valence-electron chi connectivity index (χ2n) is 10.0. The summed E-state index contributed by atoms with van der Waals surface area (Å²) in [5.41, 5.74) is 3.63. The fourth-order valence-electron chi connectivity index (χ4n) is 5.23. The number of Topliss-reactive ketones (excluding diaryl/α,β-unsaturated/α-hetero) is 1. The van der Waals surface area contributed by atoms with Gasteiger partial charge in [-0.05, 0) is 74.8 Å². The molecule has 1 aliphatic carbocycles. The van der Waals surface area contributed by atoms with Crippen LogP contribution in [0.3, 0.4) is 0 Å². The molecule has 5 rings (SSSR count). The van der Waals surface area contributed by atoms with Gasteiger partial charge in [-0.1, -0.05) is 35.6 Å². The topological polar surface area (TPSA) is 91.8 Å². The highest BCUT2D eigenvalue weighted by Gasteiger charge is 2.48. The second kappa shape index (κ2) is 10.8. The lowest BCUT2D eigenvalue weighted by molar-refractivity contribution is -0.252. The quantitative estimate of drug-likeness (QED) is 0.339. The molecule has 1 unspecified atom stereocenters. The van der Waals surface area contributed by atoms with E-state index in [1.165, 1.54) is 16.2 Å². The van der Waals surface area contributed by atoms with E-state index in [-0.39, 0.29) is 6.42 Å². The summed E-state index contributed by atoms with van der Waals surface area (Å²) in [6.07, 6.45) is 2.82. The molecule has 3 aromatic rings. The second-order valence-corrected chi connectivity index (χ2v) is 11.1. The van der Waals surface area contributed by atoms with E-state index in [1.54, 1.807) is 0 Å². The minimum Gasteiger partial charge on any atom is -0.481 e. The van der Waals surface area contributed by atoms with Crippen LogP contribution in [-0.2, 0) is 20.7 Å². The summed E-state index contributed by atoms with van der Waals surface area (Å²) in [5, 5.41) is 13.4. The number of ether oxygens (including phenoxy) is 1. The van der Waals surface area contributed by atoms with Gasteiger partial charge in [0, 0.05) is 25.2 Å². The van der Waals surface area contributed by atoms with E-state index >= 15 is 4.39 Å². The highest BCUT2D eigenvalue weighted by molar-refractivity contribution is 7.22. The van der Waals surface area contributed by atoms with E-state index in [2.05, 4.69) is 10.3 Å². The van der Waals surface area contributed by atoms with Gasteiger partial charge in [0.2, 0.25) is 5.78 Å². The van der Waals surface area contributed by atoms with Gasteiger partial charge in [-0.3, -0.25) is 9.59 Å². The number of carboxylic acids is 1. The average molecular weight is 526 g/mol. The van der Waals surface area contributed by atoms with E-state index in [9.17, 15) is 14.7 Å². The zero-order valence-corrected chi connectivity index (χ0v) is 21.7. The summed E-state index contributed by atoms with van der Waals surface area (Å²) in [5.74, 6) is -4.36. The average Bonchev–Trinajstić information content (AvgIpc) is 3.56. The molecule has 2 heterocycles. The molecule has 196 valence electrons. The molecule has 0 bridgehead atoms. The lowest BCUT2D eigenvalue weighted by Gasteiger charge is -2.37. The molecule has 2 aromatic carbocycles. The van der Waals surface area contributed by atoms with Crippen molar-refractivity contribution in [2.45, 2.75) is 64.0 Å². The predicted molar refractivity (Wildman–Crippen MR) is 142 cm³/mol. The van der Waals surface area contributed by atoms with Crippen LogP contribution in [0.5, 0.6) is 0 Å². The van der Waals surface area contributed by atoms with E-state index in [0.717, 1.165) is 39.4 Å². The lowest BCUT2D eigenvalue weighted by atomic mass is 9.87. The highest BCUT2D eigenvalue weighted by Crippen LogP contribution is 2.35. The van der Waals surface area contributed by atoms with Gasteiger partial charge < -0.3 is 15.2 Å². The van der Waals surface area contributed by atoms with Crippen LogP contribution in [0.1, 0.15) is 49.7 Å². The fourth-order valence-corrected chi connectivity index (χ4v) is 6.17. The number of nitrogens with one attached hydrogen (secondary N) is 1. The minimum atomic E-state index is -2.50. The van der Waals surface area contributed by atoms with Gasteiger partial charge in [0.1, 0.15) is 0 Å². The van der Waals surface area contributed by atoms with Crippen LogP contribution in [0.2, 0.25) is 0 Å². The molecule has 0 radical (unpaired) electrons. The number of nitrogens with zero attached hydrogens (tertiary/aromatic N) is 2. The maximum absolute atomic E-state index is 16.4. The number of likely N-dealkylation sites (tertiary alicyclic amines) is 1. The summed E-state index contributed by atoms with van der Waals surface area (Å²) >= 11 is 1.49. The number of hydrogen-bond donors (Lipinski definition) is 2. The number of thiazole rings is 1. The van der Waals surface area contributed by atoms with E-state index in [4.69, 9.17) is 4.74 Å². The number of halogens is 1. The zero-order chi connectivity index (χ0) is 26.0. The first-order valence-electron chi connectivity index (χ1n) is 12.9. The Morgan fingerprint density at radius 3 is 2.59 bits per heavy atom. The molecule has 0 spiro atoms. The molecule has 1 atom stereocenters. The molecule has 2 fully saturated rings. The molecule has 1 saturated heterocycles. The third kappa shape index (κ3) is 5.68. The first-order chi connectivity index (χ1) is 17.8. The van der Waals surface area contributed by atoms with Gasteiger partial charge in [-0.25, -0.2) is 9.88 Å². The molecule has 2 aliphatic rings. The predicted octanol–water partition coefficient (Wildman–Crippen LogP) is 5.84. The van der Waals surface area contributed by atoms with Crippen molar-refractivity contribution >= 4 is 44.1 Å². The fraction of sp³-hybridized carbons (Fsp3) is 0.464. The van der Waals surface area contributed by atoms with Crippen molar-refractivity contribution in [1.29, 1.82) is 0 Å². The number of aryl methyl sites for hydroxylation is 1. The highest BCUT2D eigenvalue weighted by atomic mass is 32.1. The van der Waals surface area contributed by atoms with Crippen molar-refractivity contribution < 1.29 is 23.8 Å². The number of aliphatic carboxylic acids is 1. The van der Waals surface area contributed by atoms with E-state index < -0.39 is 29.8 Å². The normalized spacial score (nSPS) is 22.1. The van der Waals surface area contributed by atoms with Crippen molar-refractivity contribution in [2.75, 3.05) is 18.4 Å². The Morgan fingerprint density at radius 1 is 1.16 bits per heavy atom. The summed E-state index contributed by atoms with van der Waals surface area (Å²) in [7, 11) is 0. The van der Waals surface area contributed by atoms with Crippen molar-refractivity contribution in [1.82, 2.24) is 9.88 Å². The summed E-state index contributed by atoms with van der Waals surface area (Å²) in [4.78, 5) is 30.9. The first-order valence-corrected chi connectivity index (χ1v) is 13.7. The van der Waals surface area contributed by atoms with E-state index in [0.29, 0.717) is 44.3 Å². The Morgan fingerprint density at radius 2 is 1.89 bits per heavy atom. The number of alkyl halides is 1. The molecular formula is C28H32FN3O4S. The number of rotatable bonds is 9. The van der Waals surface area contributed by atoms with Gasteiger partial charge in [0.05, 0.1) is 22.2 Å². The Kier molecular flexibility index (Phi) is 7.55. The Labute approximate surface area is 219 Å². The Hall–Kier alpha value is -2.88. The maximum atomic E-state index is 16.4. The third-order valence-electron chi connectivity index (χ3n) is 7.41. The smallest absolute Gasteiger partial charge is 0.330 e. The maximum Gasteiger partial charge on any atom is 0.330 e. The molecule has 2 N–H and O–H groups in total. The zero-order valence-electron chi connectivity index (χ0n) is 20.9. The SMILES string of the molecule is Cc1ccccc1Nc1nc2ccc(CC(=O)C(F)(OC3CCC(C(=O)O)CC3)N3CCCC3)cc2s1. The van der Waals surface area contributed by atoms with Crippen LogP contribution in [0.25, 0.3) is 10.2 Å². The van der Waals surface area contributed by atoms with Crippen LogP contribution >= 0.6 is 11.3 Å². The third-order valence-corrected chi connectivity index (χ3v) is 8.34. The molecule has 1 aromatic heterocycles. The molecule has 0 amide bonds. The standard InChI is InChI=1S/C28H32FN3O4S/c1-18-6-2-3-7-22(18)30-27-31-23-13-8-19(16-24(23)37-27)17-25(33)28(29,32-14-4-5-15-32)36-21-11-9-20(10-12-21)26(34)35/h2-3,6-8,13,16,20-21H,4-5,9-12,14-15,17H2,1H3,(H,30,31)(H,34,35). The molecular weight excluding hydrogens is 493 g/mol. The number of carboxylic acid groups (broad SMARTS) is 1. The number of para-hydroxylation sites is 1. The molecule has 37 heavy (non-hydrogen) atoms. The number of carbonyl (C=O) groups is 2. The Balaban J connectivity index is 1.31. The van der Waals surface area contributed by atoms with E-state index in [1.807, 2.05) is 49.4 Å². The van der Waals surface area contributed by atoms with Crippen LogP contribution in [0.4, 0.5) is 15.2 Å². The number of aromatic nitrogens is 1. The van der Waals surface area contributed by atoms with Gasteiger partial charge >= 0.3 is 11.9 Å². The van der Waals surface area contributed by atoms with Gasteiger partial charge in [-0.2, -0.15) is 4.39 Å². The largest absolute Gasteiger partial charge is 0.481 e. The number of carbonyl (C=O) groups excluding carboxylic acids is 1. The Bertz CT molecular complexity index is 1280. The number of anilines is 2. The number of hydrogen-bond acceptors (Lipinski definition) is 7. The molecule has 1 saturated carbocycles. The van der Waals surface area contributed by atoms with Crippen LogP contribution in [-0.4, -0.2) is 51.9 Å². The van der Waals surface area contributed by atoms with Crippen molar-refractivity contribution in [2.24, 2.45) is 5.92 Å². The summed E-state index contributed by atoms with van der Waals surface area (Å²) in [6.45, 7) is 2.96. The molecule has 7 nitrogen and oxygen atoms in total. The van der Waals surface area contributed by atoms with Crippen molar-refractivity contribution in [3.8, 4) is 0 Å². The molecule has 9 heteroatoms. The first kappa shape index (κ1) is 25.8. The monoisotopic (exact) mass is 525 g/mol. The van der Waals surface area contributed by atoms with Crippen LogP contribution in [0, 0.1) is 12.8 Å². The number of fused-ring (bicyclic) bond motifs is 1. The number of benzene rings is 2. The minimum absolute atomic E-state index is 0.0914. The summed E-state index contributed by atoms with van der Waals surface area (Å²) < 4.78 is 23.2. The van der Waals surface area contributed by atoms with Gasteiger partial charge in [-0.15, -0.1) is 0 Å². The van der Waals surface area contributed by atoms with Gasteiger partial charge in [0.25, 0.3) is 0 Å². The number of ketones is 1. The lowest BCUT2D eigenvalue weighted by Crippen LogP contribution is -2.54. The van der Waals surface area contributed by atoms with Crippen molar-refractivity contribution in [3.05, 3.63) is 53.6 Å². The summed E-state index contributed by atoms with van der Waals surface area (Å²) in [6, 6.07) is 13.6. The van der Waals surface area contributed by atoms with Crippen molar-refractivity contribution in [3.63, 3.8) is 0 Å². The van der Waals surface area contributed by atoms with Gasteiger partial charge in [0.15, 0.2) is 5.13 Å². The van der Waals surface area contributed by atoms with Crippen LogP contribution < -0.4 is 5.32 Å².